The van der Waals surface area contributed by atoms with Crippen molar-refractivity contribution < 1.29 is 18.7 Å². The molecule has 154 valence electrons. The number of hydrogen-bond donors (Lipinski definition) is 2. The Bertz CT molecular complexity index is 1070. The van der Waals surface area contributed by atoms with Crippen molar-refractivity contribution in [3.8, 4) is 5.88 Å². The van der Waals surface area contributed by atoms with Crippen molar-refractivity contribution in [1.29, 1.82) is 0 Å². The van der Waals surface area contributed by atoms with Gasteiger partial charge in [-0.25, -0.2) is 23.7 Å². The summed E-state index contributed by atoms with van der Waals surface area (Å²) in [4.78, 5) is 21.3. The Morgan fingerprint density at radius 3 is 2.70 bits per heavy atom. The summed E-state index contributed by atoms with van der Waals surface area (Å²) in [5, 5.41) is 17.1. The molecule has 1 fully saturated rings. The fraction of sp³-hybridized carbons (Fsp3) is 0.250. The monoisotopic (exact) mass is 412 g/mol. The van der Waals surface area contributed by atoms with Crippen LogP contribution in [-0.2, 0) is 0 Å². The highest BCUT2D eigenvalue weighted by Crippen LogP contribution is 2.33. The average molecular weight is 412 g/mol. The summed E-state index contributed by atoms with van der Waals surface area (Å²) in [6.45, 7) is 1.55. The van der Waals surface area contributed by atoms with Crippen molar-refractivity contribution in [2.24, 2.45) is 11.1 Å². The van der Waals surface area contributed by atoms with E-state index in [-0.39, 0.29) is 23.2 Å². The molecular weight excluding hydrogens is 394 g/mol. The highest BCUT2D eigenvalue weighted by atomic mass is 19.1. The van der Waals surface area contributed by atoms with E-state index in [4.69, 9.17) is 4.84 Å². The number of nitrogens with one attached hydrogen (secondary N) is 1. The van der Waals surface area contributed by atoms with E-state index in [1.54, 1.807) is 6.92 Å². The zero-order valence-corrected chi connectivity index (χ0v) is 16.0. The van der Waals surface area contributed by atoms with Gasteiger partial charge in [-0.3, -0.25) is 4.98 Å². The van der Waals surface area contributed by atoms with Gasteiger partial charge in [-0.2, -0.15) is 0 Å². The van der Waals surface area contributed by atoms with Crippen LogP contribution in [0.25, 0.3) is 0 Å². The number of halogens is 2. The van der Waals surface area contributed by atoms with Gasteiger partial charge in [0.25, 0.3) is 5.88 Å². The molecule has 1 saturated carbocycles. The Labute approximate surface area is 170 Å². The fourth-order valence-electron chi connectivity index (χ4n) is 2.76. The van der Waals surface area contributed by atoms with Crippen molar-refractivity contribution in [1.82, 2.24) is 19.9 Å². The van der Waals surface area contributed by atoms with Crippen LogP contribution in [0.3, 0.4) is 0 Å². The lowest BCUT2D eigenvalue weighted by Crippen LogP contribution is -2.15. The largest absolute Gasteiger partial charge is 0.369 e. The van der Waals surface area contributed by atoms with Crippen molar-refractivity contribution in [3.05, 3.63) is 71.6 Å². The molecule has 3 aromatic heterocycles. The Morgan fingerprint density at radius 1 is 1.17 bits per heavy atom. The van der Waals surface area contributed by atoms with E-state index in [0.29, 0.717) is 17.0 Å². The highest BCUT2D eigenvalue weighted by Gasteiger charge is 2.31. The average Bonchev–Trinajstić information content (AvgIpc) is 3.58. The van der Waals surface area contributed by atoms with E-state index < -0.39 is 17.9 Å². The van der Waals surface area contributed by atoms with Gasteiger partial charge in [0.2, 0.25) is 0 Å². The van der Waals surface area contributed by atoms with E-state index in [9.17, 15) is 13.9 Å². The number of aromatic nitrogens is 4. The van der Waals surface area contributed by atoms with Gasteiger partial charge in [-0.1, -0.05) is 5.16 Å². The molecule has 1 aliphatic carbocycles. The minimum atomic E-state index is -1.21. The Balaban J connectivity index is 1.49. The fourth-order valence-corrected chi connectivity index (χ4v) is 2.76. The molecule has 10 heteroatoms. The van der Waals surface area contributed by atoms with E-state index in [0.717, 1.165) is 19.0 Å². The molecule has 0 aliphatic heterocycles. The van der Waals surface area contributed by atoms with Gasteiger partial charge in [0.15, 0.2) is 12.0 Å². The first-order chi connectivity index (χ1) is 14.5. The lowest BCUT2D eigenvalue weighted by atomic mass is 10.1. The molecule has 1 aliphatic rings. The third-order valence-electron chi connectivity index (χ3n) is 4.61. The number of nitrogens with zero attached hydrogens (tertiary/aromatic N) is 5. The van der Waals surface area contributed by atoms with Gasteiger partial charge in [0, 0.05) is 23.9 Å². The summed E-state index contributed by atoms with van der Waals surface area (Å²) in [7, 11) is 0. The second-order valence-electron chi connectivity index (χ2n) is 6.80. The summed E-state index contributed by atoms with van der Waals surface area (Å²) < 4.78 is 27.3. The first-order valence-corrected chi connectivity index (χ1v) is 9.25. The van der Waals surface area contributed by atoms with Crippen molar-refractivity contribution in [2.45, 2.75) is 26.0 Å². The second-order valence-corrected chi connectivity index (χ2v) is 6.80. The molecule has 3 heterocycles. The van der Waals surface area contributed by atoms with Gasteiger partial charge < -0.3 is 15.3 Å². The van der Waals surface area contributed by atoms with Gasteiger partial charge in [0.1, 0.15) is 23.0 Å². The van der Waals surface area contributed by atoms with Gasteiger partial charge in [-0.05, 0) is 37.5 Å². The minimum absolute atomic E-state index is 0.150. The third-order valence-corrected chi connectivity index (χ3v) is 4.61. The van der Waals surface area contributed by atoms with Crippen LogP contribution in [0.1, 0.15) is 35.9 Å². The van der Waals surface area contributed by atoms with Crippen molar-refractivity contribution >= 4 is 11.5 Å². The molecule has 8 nitrogen and oxygen atoms in total. The summed E-state index contributed by atoms with van der Waals surface area (Å²) in [6, 6.07) is 2.69. The topological polar surface area (TPSA) is 105 Å². The zero-order valence-electron chi connectivity index (χ0n) is 16.0. The van der Waals surface area contributed by atoms with E-state index >= 15 is 0 Å². The van der Waals surface area contributed by atoms with Gasteiger partial charge >= 0.3 is 0 Å². The van der Waals surface area contributed by atoms with E-state index in [1.807, 2.05) is 0 Å². The Morgan fingerprint density at radius 2 is 2.00 bits per heavy atom. The molecule has 0 saturated heterocycles. The summed E-state index contributed by atoms with van der Waals surface area (Å²) >= 11 is 0. The van der Waals surface area contributed by atoms with Crippen LogP contribution >= 0.6 is 0 Å². The minimum Gasteiger partial charge on any atom is -0.369 e. The highest BCUT2D eigenvalue weighted by molar-refractivity contribution is 6.01. The lowest BCUT2D eigenvalue weighted by Gasteiger charge is -2.15. The molecule has 0 radical (unpaired) electrons. The van der Waals surface area contributed by atoms with E-state index in [2.05, 4.69) is 30.4 Å². The molecule has 4 rings (SSSR count). The number of anilines is 1. The predicted molar refractivity (Wildman–Crippen MR) is 104 cm³/mol. The molecule has 0 spiro atoms. The first-order valence-electron chi connectivity index (χ1n) is 9.25. The molecule has 2 N–H and O–H groups in total. The second kappa shape index (κ2) is 8.46. The predicted octanol–water partition coefficient (Wildman–Crippen LogP) is 3.15. The molecule has 0 bridgehead atoms. The Kier molecular flexibility index (Phi) is 5.57. The smallest absolute Gasteiger partial charge is 0.284 e. The lowest BCUT2D eigenvalue weighted by molar-refractivity contribution is 0.206. The molecule has 0 amide bonds. The van der Waals surface area contributed by atoms with Crippen LogP contribution in [0.5, 0.6) is 5.88 Å². The number of oxime groups is 1. The van der Waals surface area contributed by atoms with Crippen LogP contribution in [-0.4, -0.2) is 30.8 Å². The van der Waals surface area contributed by atoms with Crippen LogP contribution < -0.4 is 10.2 Å². The molecule has 0 aromatic carbocycles. The standard InChI is InChI=1S/C20H18F2N6O2/c1-11-13(7-23-8-15(11)22)19(29)27-17-10-25-16(9-26-17)18(12-4-5-12)28-30-20-14(21)3-2-6-24-20/h2-3,6-10,12,19,29H,4-5H2,1H3,(H,26,27)/b28-18+. The molecular formula is C20H18F2N6O2. The van der Waals surface area contributed by atoms with Gasteiger partial charge in [0.05, 0.1) is 18.6 Å². The SMILES string of the molecule is Cc1c(F)cncc1C(O)Nc1cnc(/C(=N/Oc2ncccc2F)C2CC2)cn1. The first kappa shape index (κ1) is 19.8. The number of rotatable bonds is 7. The summed E-state index contributed by atoms with van der Waals surface area (Å²) in [5.41, 5.74) is 1.60. The van der Waals surface area contributed by atoms with Crippen molar-refractivity contribution in [2.75, 3.05) is 5.32 Å². The molecule has 3 aromatic rings. The molecule has 30 heavy (non-hydrogen) atoms. The summed E-state index contributed by atoms with van der Waals surface area (Å²) in [6.07, 6.45) is 7.38. The third kappa shape index (κ3) is 4.38. The normalized spacial score (nSPS) is 15.0. The zero-order chi connectivity index (χ0) is 21.1. The van der Waals surface area contributed by atoms with Gasteiger partial charge in [-0.15, -0.1) is 0 Å². The maximum atomic E-state index is 13.7. The van der Waals surface area contributed by atoms with Crippen LogP contribution in [0.4, 0.5) is 14.6 Å². The Hall–Kier alpha value is -3.53. The van der Waals surface area contributed by atoms with Crippen LogP contribution in [0, 0.1) is 24.5 Å². The molecule has 1 unspecified atom stereocenters. The molecule has 1 atom stereocenters. The van der Waals surface area contributed by atoms with E-state index in [1.165, 1.54) is 36.9 Å². The van der Waals surface area contributed by atoms with Crippen molar-refractivity contribution in [3.63, 3.8) is 0 Å². The quantitative estimate of drug-likeness (QED) is 0.349. The number of aliphatic hydroxyl groups is 1. The maximum absolute atomic E-state index is 13.7. The number of hydrogen-bond acceptors (Lipinski definition) is 8. The maximum Gasteiger partial charge on any atom is 0.284 e. The van der Waals surface area contributed by atoms with Crippen LogP contribution in [0.15, 0.2) is 48.3 Å². The number of aliphatic hydroxyl groups excluding tert-OH is 1. The summed E-state index contributed by atoms with van der Waals surface area (Å²) in [5.74, 6) is -0.912. The van der Waals surface area contributed by atoms with Crippen LogP contribution in [0.2, 0.25) is 0 Å². The number of pyridine rings is 2.